The minimum absolute atomic E-state index is 0.0717. The molecule has 1 rings (SSSR count). The quantitative estimate of drug-likeness (QED) is 0.206. The Kier molecular flexibility index (Phi) is 15.2. The third-order valence-corrected chi connectivity index (χ3v) is 6.85. The molecule has 0 unspecified atom stereocenters. The minimum atomic E-state index is -0.918. The maximum Gasteiger partial charge on any atom is 0.243 e. The summed E-state index contributed by atoms with van der Waals surface area (Å²) < 4.78 is 0. The monoisotopic (exact) mass is 566 g/mol. The molecule has 0 radical (unpaired) electrons. The Morgan fingerprint density at radius 3 is 1.25 bits per heavy atom. The van der Waals surface area contributed by atoms with Crippen molar-refractivity contribution in [1.29, 1.82) is 0 Å². The summed E-state index contributed by atoms with van der Waals surface area (Å²) in [6.07, 6.45) is 2.65. The van der Waals surface area contributed by atoms with Gasteiger partial charge in [-0.15, -0.1) is 0 Å². The Morgan fingerprint density at radius 1 is 0.525 bits per heavy atom. The lowest BCUT2D eigenvalue weighted by atomic mass is 9.98. The van der Waals surface area contributed by atoms with E-state index in [0.717, 1.165) is 0 Å². The van der Waals surface area contributed by atoms with E-state index in [-0.39, 0.29) is 23.7 Å². The molecule has 0 bridgehead atoms. The van der Waals surface area contributed by atoms with Gasteiger partial charge in [-0.1, -0.05) is 55.4 Å². The van der Waals surface area contributed by atoms with Crippen LogP contribution in [0.3, 0.4) is 0 Å². The molecule has 0 aromatic heterocycles. The summed E-state index contributed by atoms with van der Waals surface area (Å²) in [5.41, 5.74) is 5.65. The Hall–Kier alpha value is -2.69. The second-order valence-corrected chi connectivity index (χ2v) is 12.6. The highest BCUT2D eigenvalue weighted by molar-refractivity contribution is 5.97. The van der Waals surface area contributed by atoms with Gasteiger partial charge in [0, 0.05) is 0 Å². The Labute approximate surface area is 240 Å². The van der Waals surface area contributed by atoms with Gasteiger partial charge in [-0.3, -0.25) is 24.0 Å². The van der Waals surface area contributed by atoms with Crippen LogP contribution in [0.5, 0.6) is 0 Å². The molecule has 0 aliphatic carbocycles. The Morgan fingerprint density at radius 2 is 0.875 bits per heavy atom. The van der Waals surface area contributed by atoms with Crippen LogP contribution in [0, 0.1) is 23.7 Å². The molecule has 0 aromatic carbocycles. The molecule has 1 aliphatic heterocycles. The van der Waals surface area contributed by atoms with E-state index < -0.39 is 59.7 Å². The van der Waals surface area contributed by atoms with Crippen molar-refractivity contribution in [2.45, 2.75) is 124 Å². The largest absolute Gasteiger partial charge is 0.343 e. The predicted octanol–water partition coefficient (Wildman–Crippen LogP) is 1.35. The molecule has 1 fully saturated rings. The van der Waals surface area contributed by atoms with Gasteiger partial charge in [-0.2, -0.15) is 0 Å². The van der Waals surface area contributed by atoms with Crippen LogP contribution in [-0.2, 0) is 24.0 Å². The van der Waals surface area contributed by atoms with Gasteiger partial charge < -0.3 is 32.3 Å². The van der Waals surface area contributed by atoms with E-state index in [1.807, 2.05) is 41.5 Å². The zero-order valence-electron chi connectivity index (χ0n) is 25.8. The van der Waals surface area contributed by atoms with E-state index in [0.29, 0.717) is 45.1 Å². The van der Waals surface area contributed by atoms with Gasteiger partial charge >= 0.3 is 0 Å². The maximum atomic E-state index is 13.5. The van der Waals surface area contributed by atoms with Gasteiger partial charge in [0.05, 0.1) is 0 Å². The van der Waals surface area contributed by atoms with Gasteiger partial charge in [0.15, 0.2) is 0 Å². The lowest BCUT2D eigenvalue weighted by Gasteiger charge is -2.28. The average molecular weight is 567 g/mol. The summed E-state index contributed by atoms with van der Waals surface area (Å²) in [5, 5.41) is 14.1. The van der Waals surface area contributed by atoms with Gasteiger partial charge in [0.1, 0.15) is 30.2 Å². The maximum absolute atomic E-state index is 13.5. The number of unbranched alkanes of at least 4 members (excludes halogenated alkanes) is 1. The van der Waals surface area contributed by atoms with Crippen LogP contribution in [0.25, 0.3) is 0 Å². The second-order valence-electron chi connectivity index (χ2n) is 12.6. The minimum Gasteiger partial charge on any atom is -0.343 e. The first-order valence-corrected chi connectivity index (χ1v) is 14.9. The Bertz CT molecular complexity index is 860. The summed E-state index contributed by atoms with van der Waals surface area (Å²) in [6.45, 7) is 15.7. The first-order chi connectivity index (χ1) is 18.7. The summed E-state index contributed by atoms with van der Waals surface area (Å²) in [4.78, 5) is 67.3. The molecule has 1 aliphatic rings. The number of carbonyl (C=O) groups excluding carboxylic acids is 5. The van der Waals surface area contributed by atoms with Crippen molar-refractivity contribution >= 4 is 29.5 Å². The molecule has 7 N–H and O–H groups in total. The molecule has 1 saturated heterocycles. The van der Waals surface area contributed by atoms with E-state index in [1.54, 1.807) is 13.8 Å². The highest BCUT2D eigenvalue weighted by atomic mass is 16.2. The lowest BCUT2D eigenvalue weighted by Crippen LogP contribution is -2.59. The molecule has 0 saturated carbocycles. The zero-order chi connectivity index (χ0) is 30.6. The molecule has 0 spiro atoms. The van der Waals surface area contributed by atoms with E-state index in [1.165, 1.54) is 0 Å². The fourth-order valence-electron chi connectivity index (χ4n) is 4.74. The number of nitrogens with two attached hydrogens (primary N) is 1. The topological polar surface area (TPSA) is 172 Å². The molecule has 230 valence electrons. The van der Waals surface area contributed by atoms with E-state index in [9.17, 15) is 24.0 Å². The summed E-state index contributed by atoms with van der Waals surface area (Å²) in [7, 11) is 0. The number of carbonyl (C=O) groups is 5. The van der Waals surface area contributed by atoms with Gasteiger partial charge in [-0.25, -0.2) is 0 Å². The normalized spacial score (nSPS) is 25.7. The summed E-state index contributed by atoms with van der Waals surface area (Å²) in [5.74, 6) is -2.48. The number of amides is 5. The number of hydrogen-bond acceptors (Lipinski definition) is 6. The van der Waals surface area contributed by atoms with Gasteiger partial charge in [0.25, 0.3) is 0 Å². The lowest BCUT2D eigenvalue weighted by molar-refractivity contribution is -0.135. The van der Waals surface area contributed by atoms with E-state index >= 15 is 0 Å². The molecule has 5 atom stereocenters. The van der Waals surface area contributed by atoms with Crippen LogP contribution < -0.4 is 32.3 Å². The van der Waals surface area contributed by atoms with Crippen molar-refractivity contribution in [2.75, 3.05) is 6.54 Å². The van der Waals surface area contributed by atoms with Crippen LogP contribution in [0.2, 0.25) is 0 Å². The molecule has 11 nitrogen and oxygen atoms in total. The van der Waals surface area contributed by atoms with E-state index in [2.05, 4.69) is 26.6 Å². The third-order valence-electron chi connectivity index (χ3n) is 6.85. The zero-order valence-corrected chi connectivity index (χ0v) is 25.8. The second kappa shape index (κ2) is 17.2. The first kappa shape index (κ1) is 35.3. The number of rotatable bonds is 11. The van der Waals surface area contributed by atoms with Crippen LogP contribution in [0.4, 0.5) is 0 Å². The van der Waals surface area contributed by atoms with Crippen molar-refractivity contribution < 1.29 is 24.0 Å². The summed E-state index contributed by atoms with van der Waals surface area (Å²) in [6, 6.07) is -4.53. The van der Waals surface area contributed by atoms with Gasteiger partial charge in [-0.05, 0) is 68.7 Å². The first-order valence-electron chi connectivity index (χ1n) is 14.9. The molecule has 5 amide bonds. The van der Waals surface area contributed by atoms with Gasteiger partial charge in [0.2, 0.25) is 29.5 Å². The fourth-order valence-corrected chi connectivity index (χ4v) is 4.74. The van der Waals surface area contributed by atoms with Crippen LogP contribution in [0.1, 0.15) is 93.9 Å². The van der Waals surface area contributed by atoms with Crippen molar-refractivity contribution in [3.8, 4) is 0 Å². The SMILES string of the molecule is CC(C)C[C@@H]1NC(=O)[C@H](CC(C)C)NC(=O)[C@@H](CCCCN)NC(=O)[C@@H](CC(C)C)NC(=O)[C@@H](C(C)C)NC1=O. The highest BCUT2D eigenvalue weighted by Crippen LogP contribution is 2.13. The average Bonchev–Trinajstić information content (AvgIpc) is 2.83. The van der Waals surface area contributed by atoms with E-state index in [4.69, 9.17) is 5.73 Å². The predicted molar refractivity (Wildman–Crippen MR) is 156 cm³/mol. The van der Waals surface area contributed by atoms with Crippen molar-refractivity contribution in [1.82, 2.24) is 26.6 Å². The molecule has 11 heteroatoms. The van der Waals surface area contributed by atoms with Crippen molar-refractivity contribution in [3.05, 3.63) is 0 Å². The standard InChI is InChI=1S/C29H54N6O5/c1-16(2)13-21-27(38)33-23(15-18(5)6)28(39)35-24(19(7)8)29(40)34-22(14-17(3)4)26(37)31-20(25(36)32-21)11-9-10-12-30/h16-24H,9-15,30H2,1-8H3,(H,31,37)(H,32,36)(H,33,38)(H,34,40)(H,35,39)/t20-,21+,22-,23+,24-/m1/s1. The van der Waals surface area contributed by atoms with Crippen molar-refractivity contribution in [2.24, 2.45) is 29.4 Å². The molecular weight excluding hydrogens is 512 g/mol. The van der Waals surface area contributed by atoms with Crippen molar-refractivity contribution in [3.63, 3.8) is 0 Å². The highest BCUT2D eigenvalue weighted by Gasteiger charge is 2.35. The molecular formula is C29H54N6O5. The third kappa shape index (κ3) is 12.2. The molecule has 40 heavy (non-hydrogen) atoms. The number of hydrogen-bond donors (Lipinski definition) is 6. The molecule has 0 aromatic rings. The number of nitrogens with one attached hydrogen (secondary N) is 5. The fraction of sp³-hybridized carbons (Fsp3) is 0.828. The Balaban J connectivity index is 3.57. The van der Waals surface area contributed by atoms with Crippen LogP contribution in [-0.4, -0.2) is 66.3 Å². The van der Waals surface area contributed by atoms with Crippen LogP contribution in [0.15, 0.2) is 0 Å². The molecule has 1 heterocycles. The van der Waals surface area contributed by atoms with Crippen LogP contribution >= 0.6 is 0 Å². The summed E-state index contributed by atoms with van der Waals surface area (Å²) >= 11 is 0. The smallest absolute Gasteiger partial charge is 0.243 e.